The molecule has 1 aromatic heterocycles. The van der Waals surface area contributed by atoms with E-state index in [2.05, 4.69) is 10.9 Å². The van der Waals surface area contributed by atoms with Gasteiger partial charge in [-0.3, -0.25) is 19.5 Å². The van der Waals surface area contributed by atoms with E-state index >= 15 is 0 Å². The van der Waals surface area contributed by atoms with Crippen LogP contribution in [0.1, 0.15) is 10.4 Å². The van der Waals surface area contributed by atoms with E-state index in [9.17, 15) is 14.9 Å². The summed E-state index contributed by atoms with van der Waals surface area (Å²) in [4.78, 5) is 27.6. The van der Waals surface area contributed by atoms with Crippen molar-refractivity contribution in [3.05, 3.63) is 70.3 Å². The van der Waals surface area contributed by atoms with Crippen LogP contribution in [-0.2, 0) is 0 Å². The van der Waals surface area contributed by atoms with Crippen molar-refractivity contribution in [2.24, 2.45) is 0 Å². The Bertz CT molecular complexity index is 1060. The molecule has 2 aromatic carbocycles. The average molecular weight is 363 g/mol. The van der Waals surface area contributed by atoms with Crippen LogP contribution in [0.25, 0.3) is 17.1 Å². The normalized spacial score (nSPS) is 10.9. The molecule has 3 aromatic rings. The number of para-hydroxylation sites is 2. The first-order valence-electron chi connectivity index (χ1n) is 7.61. The molecule has 0 fully saturated rings. The second-order valence-electron chi connectivity index (χ2n) is 5.23. The number of nitrogens with zero attached hydrogens (tertiary/aromatic N) is 3. The summed E-state index contributed by atoms with van der Waals surface area (Å²) in [7, 11) is 0. The Morgan fingerprint density at radius 2 is 2.12 bits per heavy atom. The minimum atomic E-state index is -0.475. The summed E-state index contributed by atoms with van der Waals surface area (Å²) < 4.78 is 1.49. The third-order valence-corrected chi connectivity index (χ3v) is 4.38. The lowest BCUT2D eigenvalue weighted by molar-refractivity contribution is -0.384. The molecular formula is C19H13N3O3S. The van der Waals surface area contributed by atoms with Gasteiger partial charge in [-0.2, -0.15) is 0 Å². The number of thioether (sulfide) groups is 1. The topological polar surface area (TPSA) is 78.0 Å². The Kier molecular flexibility index (Phi) is 5.15. The molecule has 0 aliphatic carbocycles. The maximum atomic E-state index is 12.7. The van der Waals surface area contributed by atoms with Crippen molar-refractivity contribution in [2.75, 3.05) is 5.75 Å². The number of hydrogen-bond donors (Lipinski definition) is 0. The Morgan fingerprint density at radius 3 is 2.88 bits per heavy atom. The molecule has 3 rings (SSSR count). The van der Waals surface area contributed by atoms with Crippen LogP contribution in [0.4, 0.5) is 5.69 Å². The molecule has 0 N–H and O–H groups in total. The van der Waals surface area contributed by atoms with E-state index in [-0.39, 0.29) is 11.6 Å². The number of nitro groups is 1. The number of hydrogen-bond acceptors (Lipinski definition) is 5. The smallest absolute Gasteiger partial charge is 0.269 e. The summed E-state index contributed by atoms with van der Waals surface area (Å²) in [5, 5.41) is 11.4. The number of fused-ring (bicyclic) bond motifs is 1. The van der Waals surface area contributed by atoms with Crippen molar-refractivity contribution in [1.82, 2.24) is 9.55 Å². The van der Waals surface area contributed by atoms with Crippen LogP contribution in [0.5, 0.6) is 0 Å². The summed E-state index contributed by atoms with van der Waals surface area (Å²) >= 11 is 1.30. The van der Waals surface area contributed by atoms with E-state index in [1.807, 2.05) is 18.2 Å². The number of aromatic nitrogens is 2. The van der Waals surface area contributed by atoms with E-state index in [0.717, 1.165) is 0 Å². The molecule has 0 atom stereocenters. The summed E-state index contributed by atoms with van der Waals surface area (Å²) in [6.45, 7) is 0. The van der Waals surface area contributed by atoms with Crippen molar-refractivity contribution < 1.29 is 9.72 Å². The first-order chi connectivity index (χ1) is 12.6. The van der Waals surface area contributed by atoms with Crippen molar-refractivity contribution >= 4 is 40.5 Å². The third kappa shape index (κ3) is 3.66. The molecule has 0 radical (unpaired) electrons. The second-order valence-corrected chi connectivity index (χ2v) is 6.18. The SMILES string of the molecule is C#CCSc1nc2ccccc2n1C(=O)/C=C\c1cccc([N+](=O)[O-])c1. The number of imidazole rings is 1. The third-order valence-electron chi connectivity index (χ3n) is 3.53. The van der Waals surface area contributed by atoms with Gasteiger partial charge in [-0.25, -0.2) is 4.98 Å². The van der Waals surface area contributed by atoms with Gasteiger partial charge in [-0.1, -0.05) is 41.9 Å². The Hall–Kier alpha value is -3.37. The monoisotopic (exact) mass is 363 g/mol. The van der Waals surface area contributed by atoms with Gasteiger partial charge in [0, 0.05) is 18.2 Å². The van der Waals surface area contributed by atoms with Gasteiger partial charge in [-0.15, -0.1) is 6.42 Å². The molecule has 0 amide bonds. The highest BCUT2D eigenvalue weighted by atomic mass is 32.2. The molecule has 7 heteroatoms. The lowest BCUT2D eigenvalue weighted by Crippen LogP contribution is -2.08. The average Bonchev–Trinajstić information content (AvgIpc) is 3.03. The van der Waals surface area contributed by atoms with Gasteiger partial charge in [0.25, 0.3) is 11.6 Å². The zero-order valence-corrected chi connectivity index (χ0v) is 14.3. The maximum absolute atomic E-state index is 12.7. The Labute approximate surface area is 153 Å². The highest BCUT2D eigenvalue weighted by Gasteiger charge is 2.15. The minimum Gasteiger partial charge on any atom is -0.269 e. The highest BCUT2D eigenvalue weighted by Crippen LogP contribution is 2.24. The molecule has 0 aliphatic heterocycles. The molecule has 128 valence electrons. The van der Waals surface area contributed by atoms with Crippen molar-refractivity contribution in [2.45, 2.75) is 5.16 Å². The molecule has 0 aliphatic rings. The lowest BCUT2D eigenvalue weighted by Gasteiger charge is -2.03. The van der Waals surface area contributed by atoms with Crippen LogP contribution in [0.3, 0.4) is 0 Å². The number of non-ortho nitro benzene ring substituents is 1. The van der Waals surface area contributed by atoms with Crippen LogP contribution < -0.4 is 0 Å². The first kappa shape index (κ1) is 17.5. The molecular weight excluding hydrogens is 350 g/mol. The molecule has 0 bridgehead atoms. The maximum Gasteiger partial charge on any atom is 0.270 e. The number of rotatable bonds is 5. The van der Waals surface area contributed by atoms with Crippen LogP contribution in [-0.4, -0.2) is 26.1 Å². The molecule has 6 nitrogen and oxygen atoms in total. The van der Waals surface area contributed by atoms with E-state index in [4.69, 9.17) is 6.42 Å². The summed E-state index contributed by atoms with van der Waals surface area (Å²) in [6, 6.07) is 13.4. The zero-order valence-electron chi connectivity index (χ0n) is 13.5. The molecule has 0 saturated carbocycles. The zero-order chi connectivity index (χ0) is 18.5. The number of terminal acetylenes is 1. The quantitative estimate of drug-likeness (QED) is 0.225. The van der Waals surface area contributed by atoms with Gasteiger partial charge in [-0.05, 0) is 23.8 Å². The predicted molar refractivity (Wildman–Crippen MR) is 102 cm³/mol. The number of allylic oxidation sites excluding steroid dienone is 1. The number of carbonyl (C=O) groups excluding carboxylic acids is 1. The molecule has 1 heterocycles. The van der Waals surface area contributed by atoms with Crippen molar-refractivity contribution in [3.8, 4) is 12.3 Å². The van der Waals surface area contributed by atoms with E-state index in [1.54, 1.807) is 24.3 Å². The molecule has 26 heavy (non-hydrogen) atoms. The van der Waals surface area contributed by atoms with Crippen LogP contribution in [0.2, 0.25) is 0 Å². The van der Waals surface area contributed by atoms with Gasteiger partial charge >= 0.3 is 0 Å². The summed E-state index contributed by atoms with van der Waals surface area (Å²) in [6.07, 6.45) is 8.22. The van der Waals surface area contributed by atoms with E-state index in [0.29, 0.717) is 27.5 Å². The fraction of sp³-hybridized carbons (Fsp3) is 0.0526. The molecule has 0 spiro atoms. The Morgan fingerprint density at radius 1 is 1.31 bits per heavy atom. The molecule has 0 unspecified atom stereocenters. The van der Waals surface area contributed by atoms with E-state index in [1.165, 1.54) is 34.5 Å². The number of benzene rings is 2. The van der Waals surface area contributed by atoms with Gasteiger partial charge in [0.1, 0.15) is 0 Å². The van der Waals surface area contributed by atoms with Crippen LogP contribution in [0, 0.1) is 22.5 Å². The fourth-order valence-corrected chi connectivity index (χ4v) is 3.10. The van der Waals surface area contributed by atoms with Crippen LogP contribution >= 0.6 is 11.8 Å². The van der Waals surface area contributed by atoms with Gasteiger partial charge < -0.3 is 0 Å². The first-order valence-corrected chi connectivity index (χ1v) is 8.59. The Balaban J connectivity index is 1.95. The van der Waals surface area contributed by atoms with Gasteiger partial charge in [0.2, 0.25) is 0 Å². The fourth-order valence-electron chi connectivity index (χ4n) is 2.40. The van der Waals surface area contributed by atoms with Crippen molar-refractivity contribution in [3.63, 3.8) is 0 Å². The highest BCUT2D eigenvalue weighted by molar-refractivity contribution is 7.99. The second kappa shape index (κ2) is 7.68. The predicted octanol–water partition coefficient (Wildman–Crippen LogP) is 4.02. The molecule has 0 saturated heterocycles. The standard InChI is InChI=1S/C19H13N3O3S/c1-2-12-26-19-20-16-8-3-4-9-17(16)21(19)18(23)11-10-14-6-5-7-15(13-14)22(24)25/h1,3-11,13H,12H2/b11-10-. The van der Waals surface area contributed by atoms with Crippen molar-refractivity contribution in [1.29, 1.82) is 0 Å². The summed E-state index contributed by atoms with van der Waals surface area (Å²) in [5.74, 6) is 2.61. The van der Waals surface area contributed by atoms with E-state index < -0.39 is 4.92 Å². The largest absolute Gasteiger partial charge is 0.270 e. The number of carbonyl (C=O) groups is 1. The van der Waals surface area contributed by atoms with Crippen LogP contribution in [0.15, 0.2) is 59.8 Å². The van der Waals surface area contributed by atoms with Gasteiger partial charge in [0.15, 0.2) is 5.16 Å². The lowest BCUT2D eigenvalue weighted by atomic mass is 10.2. The van der Waals surface area contributed by atoms with Gasteiger partial charge in [0.05, 0.1) is 21.7 Å². The number of nitro benzene ring substituents is 1. The minimum absolute atomic E-state index is 0.0297. The summed E-state index contributed by atoms with van der Waals surface area (Å²) in [5.41, 5.74) is 1.91.